The molecule has 0 aromatic heterocycles. The number of rotatable bonds is 4. The first-order valence-corrected chi connectivity index (χ1v) is 4.26. The van der Waals surface area contributed by atoms with Crippen LogP contribution < -0.4 is 4.74 Å². The van der Waals surface area contributed by atoms with E-state index in [0.29, 0.717) is 10.8 Å². The molecule has 0 aliphatic rings. The Hall–Kier alpha value is -0.990. The molecule has 1 aromatic rings. The molecule has 1 aromatic carbocycles. The van der Waals surface area contributed by atoms with Crippen LogP contribution in [0.3, 0.4) is 0 Å². The van der Waals surface area contributed by atoms with Crippen LogP contribution in [0, 0.1) is 0 Å². The van der Waals surface area contributed by atoms with Gasteiger partial charge < -0.3 is 9.84 Å². The van der Waals surface area contributed by atoms with Crippen LogP contribution >= 0.6 is 11.6 Å². The monoisotopic (exact) mass is 198 g/mol. The van der Waals surface area contributed by atoms with E-state index in [1.54, 1.807) is 12.1 Å². The van der Waals surface area contributed by atoms with Crippen molar-refractivity contribution in [3.8, 4) is 5.75 Å². The van der Waals surface area contributed by atoms with E-state index < -0.39 is 0 Å². The van der Waals surface area contributed by atoms with Gasteiger partial charge in [0.25, 0.3) is 0 Å². The molecule has 70 valence electrons. The van der Waals surface area contributed by atoms with Gasteiger partial charge in [0.05, 0.1) is 6.61 Å². The van der Waals surface area contributed by atoms with Gasteiger partial charge >= 0.3 is 0 Å². The van der Waals surface area contributed by atoms with Crippen LogP contribution in [-0.2, 0) is 6.61 Å². The predicted molar refractivity (Wildman–Crippen MR) is 52.9 cm³/mol. The first-order chi connectivity index (χ1) is 6.24. The number of aliphatic hydroxyl groups is 1. The van der Waals surface area contributed by atoms with E-state index in [2.05, 4.69) is 6.58 Å². The molecule has 0 aliphatic heterocycles. The maximum atomic E-state index is 8.95. The second-order valence-electron chi connectivity index (χ2n) is 2.57. The van der Waals surface area contributed by atoms with Gasteiger partial charge in [-0.1, -0.05) is 36.4 Å². The number of para-hydroxylation sites is 1. The summed E-state index contributed by atoms with van der Waals surface area (Å²) < 4.78 is 5.30. The number of hydrogen-bond acceptors (Lipinski definition) is 2. The molecule has 1 N–H and O–H groups in total. The van der Waals surface area contributed by atoms with E-state index in [0.717, 1.165) is 5.56 Å². The van der Waals surface area contributed by atoms with Gasteiger partial charge in [-0.25, -0.2) is 0 Å². The van der Waals surface area contributed by atoms with Crippen LogP contribution in [0.1, 0.15) is 5.56 Å². The summed E-state index contributed by atoms with van der Waals surface area (Å²) >= 11 is 5.54. The molecule has 0 radical (unpaired) electrons. The summed E-state index contributed by atoms with van der Waals surface area (Å²) in [6, 6.07) is 7.26. The highest BCUT2D eigenvalue weighted by Crippen LogP contribution is 2.18. The van der Waals surface area contributed by atoms with Gasteiger partial charge in [-0.15, -0.1) is 0 Å². The molecule has 0 amide bonds. The summed E-state index contributed by atoms with van der Waals surface area (Å²) in [5.74, 6) is 0.645. The summed E-state index contributed by atoms with van der Waals surface area (Å²) in [5, 5.41) is 9.39. The predicted octanol–water partition coefficient (Wildman–Crippen LogP) is 2.31. The van der Waals surface area contributed by atoms with Crippen molar-refractivity contribution in [2.75, 3.05) is 6.61 Å². The molecule has 2 nitrogen and oxygen atoms in total. The van der Waals surface area contributed by atoms with Gasteiger partial charge in [-0.2, -0.15) is 0 Å². The highest BCUT2D eigenvalue weighted by molar-refractivity contribution is 6.29. The molecule has 13 heavy (non-hydrogen) atoms. The maximum absolute atomic E-state index is 8.95. The van der Waals surface area contributed by atoms with Crippen molar-refractivity contribution >= 4 is 11.6 Å². The third-order valence-electron chi connectivity index (χ3n) is 1.53. The number of aliphatic hydroxyl groups excluding tert-OH is 1. The van der Waals surface area contributed by atoms with Gasteiger partial charge in [0.2, 0.25) is 0 Å². The highest BCUT2D eigenvalue weighted by Gasteiger charge is 2.00. The van der Waals surface area contributed by atoms with Crippen LogP contribution in [0.25, 0.3) is 0 Å². The fraction of sp³-hybridized carbons (Fsp3) is 0.200. The van der Waals surface area contributed by atoms with E-state index in [4.69, 9.17) is 21.4 Å². The number of halogens is 1. The van der Waals surface area contributed by atoms with Crippen molar-refractivity contribution in [2.45, 2.75) is 6.61 Å². The average molecular weight is 199 g/mol. The molecule has 1 rings (SSSR count). The van der Waals surface area contributed by atoms with Crippen molar-refractivity contribution in [1.82, 2.24) is 0 Å². The Morgan fingerprint density at radius 2 is 2.15 bits per heavy atom. The highest BCUT2D eigenvalue weighted by atomic mass is 35.5. The second-order valence-corrected chi connectivity index (χ2v) is 3.11. The molecule has 0 bridgehead atoms. The molecular formula is C10H11ClO2. The average Bonchev–Trinajstić information content (AvgIpc) is 2.15. The minimum Gasteiger partial charge on any atom is -0.488 e. The van der Waals surface area contributed by atoms with E-state index in [1.807, 2.05) is 12.1 Å². The van der Waals surface area contributed by atoms with Gasteiger partial charge in [0.15, 0.2) is 0 Å². The lowest BCUT2D eigenvalue weighted by Crippen LogP contribution is -1.99. The van der Waals surface area contributed by atoms with Crippen molar-refractivity contribution in [1.29, 1.82) is 0 Å². The van der Waals surface area contributed by atoms with E-state index in [9.17, 15) is 0 Å². The van der Waals surface area contributed by atoms with Gasteiger partial charge in [0.1, 0.15) is 12.4 Å². The fourth-order valence-electron chi connectivity index (χ4n) is 0.931. The van der Waals surface area contributed by atoms with Crippen LogP contribution in [0.4, 0.5) is 0 Å². The minimum absolute atomic E-state index is 0.0368. The molecule has 0 spiro atoms. The molecule has 0 aliphatic carbocycles. The molecule has 0 unspecified atom stereocenters. The van der Waals surface area contributed by atoms with Crippen LogP contribution in [0.5, 0.6) is 5.75 Å². The molecule has 0 fully saturated rings. The second kappa shape index (κ2) is 4.90. The Kier molecular flexibility index (Phi) is 3.80. The Morgan fingerprint density at radius 1 is 1.46 bits per heavy atom. The fourth-order valence-corrected chi connectivity index (χ4v) is 0.986. The van der Waals surface area contributed by atoms with Gasteiger partial charge in [0, 0.05) is 10.6 Å². The Labute approximate surface area is 82.4 Å². The topological polar surface area (TPSA) is 29.5 Å². The first-order valence-electron chi connectivity index (χ1n) is 3.89. The zero-order valence-electron chi connectivity index (χ0n) is 7.16. The molecular weight excluding hydrogens is 188 g/mol. The van der Waals surface area contributed by atoms with Crippen LogP contribution in [0.2, 0.25) is 0 Å². The summed E-state index contributed by atoms with van der Waals surface area (Å²) in [6.07, 6.45) is 0. The molecule has 3 heteroatoms. The van der Waals surface area contributed by atoms with Crippen LogP contribution in [-0.4, -0.2) is 11.7 Å². The zero-order chi connectivity index (χ0) is 9.68. The van der Waals surface area contributed by atoms with Crippen molar-refractivity contribution in [3.05, 3.63) is 41.4 Å². The van der Waals surface area contributed by atoms with Crippen molar-refractivity contribution in [2.24, 2.45) is 0 Å². The van der Waals surface area contributed by atoms with Crippen LogP contribution in [0.15, 0.2) is 35.9 Å². The van der Waals surface area contributed by atoms with E-state index >= 15 is 0 Å². The van der Waals surface area contributed by atoms with Crippen molar-refractivity contribution < 1.29 is 9.84 Å². The third kappa shape index (κ3) is 3.09. The summed E-state index contributed by atoms with van der Waals surface area (Å²) in [5.41, 5.74) is 0.750. The first kappa shape index (κ1) is 10.1. The molecule has 0 saturated carbocycles. The summed E-state index contributed by atoms with van der Waals surface area (Å²) in [7, 11) is 0. The Balaban J connectivity index is 2.69. The lowest BCUT2D eigenvalue weighted by atomic mass is 10.2. The van der Waals surface area contributed by atoms with E-state index in [1.165, 1.54) is 0 Å². The normalized spacial score (nSPS) is 9.69. The maximum Gasteiger partial charge on any atom is 0.125 e. The standard InChI is InChI=1S/C10H11ClO2/c1-8(11)7-13-10-5-3-2-4-9(10)6-12/h2-5,12H,1,6-7H2. The summed E-state index contributed by atoms with van der Waals surface area (Å²) in [4.78, 5) is 0. The number of ether oxygens (including phenoxy) is 1. The summed E-state index contributed by atoms with van der Waals surface area (Å²) in [6.45, 7) is 3.73. The Bertz CT molecular complexity index is 297. The lowest BCUT2D eigenvalue weighted by molar-refractivity contribution is 0.269. The minimum atomic E-state index is -0.0368. The van der Waals surface area contributed by atoms with Crippen molar-refractivity contribution in [3.63, 3.8) is 0 Å². The zero-order valence-corrected chi connectivity index (χ0v) is 7.92. The number of hydrogen-bond donors (Lipinski definition) is 1. The Morgan fingerprint density at radius 3 is 2.77 bits per heavy atom. The number of benzene rings is 1. The van der Waals surface area contributed by atoms with E-state index in [-0.39, 0.29) is 13.2 Å². The largest absolute Gasteiger partial charge is 0.488 e. The third-order valence-corrected chi connectivity index (χ3v) is 1.64. The quantitative estimate of drug-likeness (QED) is 0.805. The SMILES string of the molecule is C=C(Cl)COc1ccccc1CO. The smallest absolute Gasteiger partial charge is 0.125 e. The molecule has 0 heterocycles. The van der Waals surface area contributed by atoms with Gasteiger partial charge in [-0.05, 0) is 6.07 Å². The van der Waals surface area contributed by atoms with Gasteiger partial charge in [-0.3, -0.25) is 0 Å². The molecule has 0 atom stereocenters. The molecule has 0 saturated heterocycles. The lowest BCUT2D eigenvalue weighted by Gasteiger charge is -2.08.